The third-order valence-electron chi connectivity index (χ3n) is 2.26. The van der Waals surface area contributed by atoms with Gasteiger partial charge in [-0.1, -0.05) is 22.9 Å². The highest BCUT2D eigenvalue weighted by atomic mass is 79.9. The van der Waals surface area contributed by atoms with Crippen LogP contribution in [0.2, 0.25) is 0 Å². The number of hydrogen-bond donors (Lipinski definition) is 1. The Kier molecular flexibility index (Phi) is 7.19. The number of halogens is 1. The van der Waals surface area contributed by atoms with Crippen molar-refractivity contribution >= 4 is 21.8 Å². The molecule has 2 unspecified atom stereocenters. The number of nitrogens with one attached hydrogen (secondary N) is 1. The summed E-state index contributed by atoms with van der Waals surface area (Å²) in [6, 6.07) is 0.394. The summed E-state index contributed by atoms with van der Waals surface area (Å²) in [6.07, 6.45) is 1.14. The molecular formula is C10H21BrN2O. The summed E-state index contributed by atoms with van der Waals surface area (Å²) in [7, 11) is 2.08. The molecule has 84 valence electrons. The summed E-state index contributed by atoms with van der Waals surface area (Å²) in [5, 5.41) is 2.89. The Bertz CT molecular complexity index is 174. The first-order chi connectivity index (χ1) is 6.49. The van der Waals surface area contributed by atoms with E-state index in [2.05, 4.69) is 47.0 Å². The normalized spacial score (nSPS) is 15.3. The van der Waals surface area contributed by atoms with Crippen LogP contribution in [0.5, 0.6) is 0 Å². The summed E-state index contributed by atoms with van der Waals surface area (Å²) in [5.74, 6) is 0.0572. The van der Waals surface area contributed by atoms with Crippen molar-refractivity contribution in [1.82, 2.24) is 10.2 Å². The lowest BCUT2D eigenvalue weighted by Gasteiger charge is -2.24. The van der Waals surface area contributed by atoms with Crippen molar-refractivity contribution in [3.63, 3.8) is 0 Å². The first-order valence-corrected chi connectivity index (χ1v) is 6.02. The Morgan fingerprint density at radius 3 is 2.50 bits per heavy atom. The van der Waals surface area contributed by atoms with Crippen LogP contribution in [0.25, 0.3) is 0 Å². The third kappa shape index (κ3) is 5.60. The van der Waals surface area contributed by atoms with Gasteiger partial charge in [-0.2, -0.15) is 0 Å². The third-order valence-corrected chi connectivity index (χ3v) is 2.68. The molecule has 1 N–H and O–H groups in total. The van der Waals surface area contributed by atoms with E-state index < -0.39 is 0 Å². The number of likely N-dealkylation sites (N-methyl/N-ethyl adjacent to an activating group) is 1. The number of alkyl halides is 1. The maximum Gasteiger partial charge on any atom is 0.233 e. The second-order valence-corrected chi connectivity index (χ2v) is 5.06. The quantitative estimate of drug-likeness (QED) is 0.740. The zero-order valence-corrected chi connectivity index (χ0v) is 11.1. The lowest BCUT2D eigenvalue weighted by molar-refractivity contribution is -0.120. The molecule has 0 aromatic rings. The van der Waals surface area contributed by atoms with Crippen molar-refractivity contribution in [3.8, 4) is 0 Å². The average molecular weight is 265 g/mol. The van der Waals surface area contributed by atoms with Gasteiger partial charge in [0.1, 0.15) is 0 Å². The van der Waals surface area contributed by atoms with E-state index in [9.17, 15) is 4.79 Å². The molecule has 0 aliphatic rings. The maximum absolute atomic E-state index is 11.3. The van der Waals surface area contributed by atoms with E-state index in [1.165, 1.54) is 0 Å². The molecule has 0 aromatic carbocycles. The summed E-state index contributed by atoms with van der Waals surface area (Å²) < 4.78 is 0. The van der Waals surface area contributed by atoms with Crippen molar-refractivity contribution in [2.75, 3.05) is 20.1 Å². The van der Waals surface area contributed by atoms with Gasteiger partial charge in [-0.25, -0.2) is 0 Å². The van der Waals surface area contributed by atoms with Gasteiger partial charge in [0.15, 0.2) is 0 Å². The van der Waals surface area contributed by atoms with Gasteiger partial charge < -0.3 is 10.2 Å². The number of hydrogen-bond acceptors (Lipinski definition) is 2. The number of carbonyl (C=O) groups is 1. The molecule has 0 spiro atoms. The number of amides is 1. The van der Waals surface area contributed by atoms with E-state index in [1.54, 1.807) is 0 Å². The number of rotatable bonds is 6. The molecule has 14 heavy (non-hydrogen) atoms. The molecule has 0 saturated carbocycles. The van der Waals surface area contributed by atoms with Crippen LogP contribution in [0, 0.1) is 0 Å². The first kappa shape index (κ1) is 13.9. The molecule has 0 aromatic heterocycles. The lowest BCUT2D eigenvalue weighted by atomic mass is 10.2. The summed E-state index contributed by atoms with van der Waals surface area (Å²) in [5.41, 5.74) is 0. The first-order valence-electron chi connectivity index (χ1n) is 5.11. The highest BCUT2D eigenvalue weighted by Gasteiger charge is 2.12. The van der Waals surface area contributed by atoms with E-state index in [-0.39, 0.29) is 10.7 Å². The molecule has 0 fully saturated rings. The smallest absolute Gasteiger partial charge is 0.233 e. The molecule has 2 atom stereocenters. The zero-order chi connectivity index (χ0) is 11.1. The molecule has 0 saturated heterocycles. The standard InChI is InChI=1S/C10H21BrN2O/c1-5-6-13(4)8(2)7-12-10(14)9(3)11/h8-9H,5-7H2,1-4H3,(H,12,14). The summed E-state index contributed by atoms with van der Waals surface area (Å²) in [6.45, 7) is 7.89. The fraction of sp³-hybridized carbons (Fsp3) is 0.900. The van der Waals surface area contributed by atoms with Gasteiger partial charge in [0.05, 0.1) is 4.83 Å². The molecule has 0 radical (unpaired) electrons. The number of carbonyl (C=O) groups excluding carboxylic acids is 1. The van der Waals surface area contributed by atoms with Gasteiger partial charge >= 0.3 is 0 Å². The lowest BCUT2D eigenvalue weighted by Crippen LogP contribution is -2.42. The van der Waals surface area contributed by atoms with Crippen molar-refractivity contribution in [1.29, 1.82) is 0 Å². The molecule has 3 nitrogen and oxygen atoms in total. The van der Waals surface area contributed by atoms with Gasteiger partial charge in [-0.15, -0.1) is 0 Å². The predicted molar refractivity (Wildman–Crippen MR) is 63.8 cm³/mol. The molecule has 0 bridgehead atoms. The average Bonchev–Trinajstić information content (AvgIpc) is 2.13. The van der Waals surface area contributed by atoms with Crippen LogP contribution >= 0.6 is 15.9 Å². The van der Waals surface area contributed by atoms with Crippen LogP contribution in [0.1, 0.15) is 27.2 Å². The Labute approximate surface area is 95.4 Å². The Morgan fingerprint density at radius 1 is 1.50 bits per heavy atom. The second kappa shape index (κ2) is 7.23. The molecule has 1 amide bonds. The summed E-state index contributed by atoms with van der Waals surface area (Å²) >= 11 is 3.23. The van der Waals surface area contributed by atoms with Crippen LogP contribution in [0.15, 0.2) is 0 Å². The van der Waals surface area contributed by atoms with Crippen LogP contribution < -0.4 is 5.32 Å². The molecule has 4 heteroatoms. The second-order valence-electron chi connectivity index (χ2n) is 3.69. The fourth-order valence-corrected chi connectivity index (χ4v) is 1.28. The highest BCUT2D eigenvalue weighted by Crippen LogP contribution is 1.98. The van der Waals surface area contributed by atoms with Gasteiger partial charge in [0.2, 0.25) is 5.91 Å². The predicted octanol–water partition coefficient (Wildman–Crippen LogP) is 1.62. The van der Waals surface area contributed by atoms with E-state index in [0.717, 1.165) is 13.0 Å². The SMILES string of the molecule is CCCN(C)C(C)CNC(=O)C(C)Br. The van der Waals surface area contributed by atoms with Crippen LogP contribution in [-0.2, 0) is 4.79 Å². The van der Waals surface area contributed by atoms with Crippen LogP contribution in [0.4, 0.5) is 0 Å². The monoisotopic (exact) mass is 264 g/mol. The largest absolute Gasteiger partial charge is 0.354 e. The van der Waals surface area contributed by atoms with Gasteiger partial charge in [-0.3, -0.25) is 4.79 Å². The van der Waals surface area contributed by atoms with E-state index in [4.69, 9.17) is 0 Å². The number of nitrogens with zero attached hydrogens (tertiary/aromatic N) is 1. The van der Waals surface area contributed by atoms with Gasteiger partial charge in [-0.05, 0) is 33.9 Å². The minimum Gasteiger partial charge on any atom is -0.354 e. The van der Waals surface area contributed by atoms with Crippen LogP contribution in [0.3, 0.4) is 0 Å². The fourth-order valence-electron chi connectivity index (χ4n) is 1.12. The Balaban J connectivity index is 3.72. The van der Waals surface area contributed by atoms with E-state index in [0.29, 0.717) is 12.6 Å². The highest BCUT2D eigenvalue weighted by molar-refractivity contribution is 9.10. The van der Waals surface area contributed by atoms with E-state index >= 15 is 0 Å². The van der Waals surface area contributed by atoms with Crippen LogP contribution in [-0.4, -0.2) is 41.8 Å². The van der Waals surface area contributed by atoms with Gasteiger partial charge in [0, 0.05) is 12.6 Å². The molecule has 0 rings (SSSR count). The van der Waals surface area contributed by atoms with E-state index in [1.807, 2.05) is 6.92 Å². The topological polar surface area (TPSA) is 32.3 Å². The molecule has 0 aliphatic heterocycles. The van der Waals surface area contributed by atoms with Crippen molar-refractivity contribution in [3.05, 3.63) is 0 Å². The van der Waals surface area contributed by atoms with Crippen molar-refractivity contribution in [2.24, 2.45) is 0 Å². The Morgan fingerprint density at radius 2 is 2.07 bits per heavy atom. The molecule has 0 aliphatic carbocycles. The molecule has 0 heterocycles. The summed E-state index contributed by atoms with van der Waals surface area (Å²) in [4.78, 5) is 13.4. The maximum atomic E-state index is 11.3. The molecular weight excluding hydrogens is 244 g/mol. The zero-order valence-electron chi connectivity index (χ0n) is 9.51. The van der Waals surface area contributed by atoms with Crippen molar-refractivity contribution in [2.45, 2.75) is 38.1 Å². The minimum atomic E-state index is -0.105. The van der Waals surface area contributed by atoms with Gasteiger partial charge in [0.25, 0.3) is 0 Å². The Hall–Kier alpha value is -0.0900. The van der Waals surface area contributed by atoms with Crippen molar-refractivity contribution < 1.29 is 4.79 Å². The minimum absolute atomic E-state index is 0.0572.